The molecule has 8 heteroatoms. The Hall–Kier alpha value is -1.96. The van der Waals surface area contributed by atoms with Crippen molar-refractivity contribution in [2.45, 2.75) is 31.0 Å². The van der Waals surface area contributed by atoms with Gasteiger partial charge in [0.2, 0.25) is 9.84 Å². The van der Waals surface area contributed by atoms with E-state index in [9.17, 15) is 17.2 Å². The lowest BCUT2D eigenvalue weighted by molar-refractivity contribution is 0.234. The average molecular weight is 315 g/mol. The van der Waals surface area contributed by atoms with E-state index in [0.29, 0.717) is 12.2 Å². The number of aryl methyl sites for hydroxylation is 2. The van der Waals surface area contributed by atoms with Crippen molar-refractivity contribution in [3.63, 3.8) is 0 Å². The number of aromatic nitrogens is 2. The molecule has 0 saturated heterocycles. The molecule has 0 fully saturated rings. The van der Waals surface area contributed by atoms with E-state index in [0.717, 1.165) is 17.0 Å². The molecule has 114 valence electrons. The number of anilines is 1. The first-order valence-corrected chi connectivity index (χ1v) is 7.73. The molecule has 2 aromatic rings. The molecule has 0 aliphatic heterocycles. The normalized spacial score (nSPS) is 11.9. The monoisotopic (exact) mass is 315 g/mol. The Morgan fingerprint density at radius 2 is 1.86 bits per heavy atom. The van der Waals surface area contributed by atoms with E-state index < -0.39 is 20.5 Å². The van der Waals surface area contributed by atoms with E-state index in [-0.39, 0.29) is 0 Å². The van der Waals surface area contributed by atoms with Crippen LogP contribution in [0.15, 0.2) is 29.2 Å². The number of benzene rings is 1. The van der Waals surface area contributed by atoms with Crippen molar-refractivity contribution in [1.29, 1.82) is 0 Å². The standard InChI is InChI=1S/C13H15F2N3O2S/c1-8-12(9(2)18-17-8)7-16-10-3-5-11(6-4-10)21(19,20)13(14)15/h3-6,13,16H,7H2,1-2H3,(H,17,18). The van der Waals surface area contributed by atoms with E-state index >= 15 is 0 Å². The van der Waals surface area contributed by atoms with Gasteiger partial charge in [-0.3, -0.25) is 5.10 Å². The summed E-state index contributed by atoms with van der Waals surface area (Å²) in [5, 5.41) is 10.0. The summed E-state index contributed by atoms with van der Waals surface area (Å²) in [7, 11) is -4.54. The number of aromatic amines is 1. The predicted octanol–water partition coefficient (Wildman–Crippen LogP) is 2.63. The second-order valence-corrected chi connectivity index (χ2v) is 6.51. The van der Waals surface area contributed by atoms with Crippen LogP contribution in [0, 0.1) is 13.8 Å². The summed E-state index contributed by atoms with van der Waals surface area (Å²) in [6.07, 6.45) is 0. The Kier molecular flexibility index (Phi) is 4.26. The van der Waals surface area contributed by atoms with Gasteiger partial charge in [-0.25, -0.2) is 8.42 Å². The largest absolute Gasteiger partial charge is 0.381 e. The van der Waals surface area contributed by atoms with E-state index in [4.69, 9.17) is 0 Å². The first kappa shape index (κ1) is 15.4. The molecular formula is C13H15F2N3O2S. The number of nitrogens with one attached hydrogen (secondary N) is 2. The molecule has 1 heterocycles. The zero-order valence-electron chi connectivity index (χ0n) is 11.5. The lowest BCUT2D eigenvalue weighted by Gasteiger charge is -2.08. The zero-order chi connectivity index (χ0) is 15.6. The molecule has 0 unspecified atom stereocenters. The smallest absolute Gasteiger partial charge is 0.341 e. The van der Waals surface area contributed by atoms with Gasteiger partial charge in [-0.2, -0.15) is 13.9 Å². The fourth-order valence-corrected chi connectivity index (χ4v) is 2.61. The number of alkyl halides is 2. The molecule has 0 bridgehead atoms. The summed E-state index contributed by atoms with van der Waals surface area (Å²) >= 11 is 0. The fourth-order valence-electron chi connectivity index (χ4n) is 1.89. The highest BCUT2D eigenvalue weighted by Crippen LogP contribution is 2.21. The number of halogens is 2. The van der Waals surface area contributed by atoms with Crippen LogP contribution in [0.1, 0.15) is 17.0 Å². The third-order valence-corrected chi connectivity index (χ3v) is 4.57. The van der Waals surface area contributed by atoms with E-state index in [1.165, 1.54) is 24.3 Å². The second kappa shape index (κ2) is 5.80. The molecule has 0 aliphatic carbocycles. The Morgan fingerprint density at radius 1 is 1.24 bits per heavy atom. The minimum Gasteiger partial charge on any atom is -0.381 e. The molecule has 0 atom stereocenters. The van der Waals surface area contributed by atoms with Crippen LogP contribution in [0.25, 0.3) is 0 Å². The number of sulfone groups is 1. The van der Waals surface area contributed by atoms with Crippen molar-refractivity contribution in [2.24, 2.45) is 0 Å². The van der Waals surface area contributed by atoms with Crippen molar-refractivity contribution in [1.82, 2.24) is 10.2 Å². The maximum absolute atomic E-state index is 12.4. The molecule has 2 rings (SSSR count). The third kappa shape index (κ3) is 3.21. The number of nitrogens with zero attached hydrogens (tertiary/aromatic N) is 1. The van der Waals surface area contributed by atoms with Crippen molar-refractivity contribution in [3.05, 3.63) is 41.2 Å². The summed E-state index contributed by atoms with van der Waals surface area (Å²) in [5.74, 6) is -3.41. The van der Waals surface area contributed by atoms with Gasteiger partial charge in [0.25, 0.3) is 0 Å². The van der Waals surface area contributed by atoms with E-state index in [1.54, 1.807) is 0 Å². The van der Waals surface area contributed by atoms with Crippen LogP contribution in [0.5, 0.6) is 0 Å². The van der Waals surface area contributed by atoms with Crippen LogP contribution in [-0.2, 0) is 16.4 Å². The molecule has 0 aliphatic rings. The maximum Gasteiger partial charge on any atom is 0.341 e. The number of hydrogen-bond acceptors (Lipinski definition) is 4. The molecule has 0 radical (unpaired) electrons. The van der Waals surface area contributed by atoms with Crippen LogP contribution in [0.2, 0.25) is 0 Å². The molecule has 1 aromatic heterocycles. The van der Waals surface area contributed by atoms with Gasteiger partial charge in [0.15, 0.2) is 0 Å². The molecule has 0 spiro atoms. The SMILES string of the molecule is Cc1n[nH]c(C)c1CNc1ccc(S(=O)(=O)C(F)F)cc1. The molecule has 0 amide bonds. The van der Waals surface area contributed by atoms with Crippen LogP contribution in [0.3, 0.4) is 0 Å². The van der Waals surface area contributed by atoms with E-state index in [1.807, 2.05) is 13.8 Å². The highest BCUT2D eigenvalue weighted by atomic mass is 32.2. The molecule has 5 nitrogen and oxygen atoms in total. The van der Waals surface area contributed by atoms with Crippen molar-refractivity contribution >= 4 is 15.5 Å². The summed E-state index contributed by atoms with van der Waals surface area (Å²) in [6.45, 7) is 4.28. The van der Waals surface area contributed by atoms with Gasteiger partial charge in [-0.15, -0.1) is 0 Å². The van der Waals surface area contributed by atoms with Gasteiger partial charge in [0.05, 0.1) is 10.6 Å². The van der Waals surface area contributed by atoms with E-state index in [2.05, 4.69) is 15.5 Å². The highest BCUT2D eigenvalue weighted by Gasteiger charge is 2.26. The Morgan fingerprint density at radius 3 is 2.33 bits per heavy atom. The van der Waals surface area contributed by atoms with Crippen LogP contribution < -0.4 is 5.32 Å². The van der Waals surface area contributed by atoms with Gasteiger partial charge in [-0.1, -0.05) is 0 Å². The quantitative estimate of drug-likeness (QED) is 0.889. The lowest BCUT2D eigenvalue weighted by Crippen LogP contribution is -2.11. The van der Waals surface area contributed by atoms with Crippen LogP contribution >= 0.6 is 0 Å². The van der Waals surface area contributed by atoms with Crippen LogP contribution in [0.4, 0.5) is 14.5 Å². The Balaban J connectivity index is 2.10. The highest BCUT2D eigenvalue weighted by molar-refractivity contribution is 7.91. The first-order valence-electron chi connectivity index (χ1n) is 6.19. The molecular weight excluding hydrogens is 300 g/mol. The molecule has 1 aromatic carbocycles. The van der Waals surface area contributed by atoms with Gasteiger partial charge in [-0.05, 0) is 38.1 Å². The lowest BCUT2D eigenvalue weighted by atomic mass is 10.2. The van der Waals surface area contributed by atoms with Crippen molar-refractivity contribution in [2.75, 3.05) is 5.32 Å². The van der Waals surface area contributed by atoms with Gasteiger partial charge in [0.1, 0.15) is 0 Å². The minimum absolute atomic E-state index is 0.390. The summed E-state index contributed by atoms with van der Waals surface area (Å²) < 4.78 is 47.4. The van der Waals surface area contributed by atoms with Crippen LogP contribution in [-0.4, -0.2) is 24.4 Å². The molecule has 21 heavy (non-hydrogen) atoms. The van der Waals surface area contributed by atoms with Crippen molar-refractivity contribution < 1.29 is 17.2 Å². The van der Waals surface area contributed by atoms with Crippen molar-refractivity contribution in [3.8, 4) is 0 Å². The summed E-state index contributed by atoms with van der Waals surface area (Å²) in [6, 6.07) is 5.25. The first-order chi connectivity index (χ1) is 9.82. The second-order valence-electron chi connectivity index (χ2n) is 4.60. The Bertz CT molecular complexity index is 705. The number of H-pyrrole nitrogens is 1. The topological polar surface area (TPSA) is 74.8 Å². The Labute approximate surface area is 121 Å². The molecule has 2 N–H and O–H groups in total. The number of hydrogen-bond donors (Lipinski definition) is 2. The maximum atomic E-state index is 12.4. The van der Waals surface area contributed by atoms with Gasteiger partial charge in [0, 0.05) is 23.5 Å². The molecule has 0 saturated carbocycles. The zero-order valence-corrected chi connectivity index (χ0v) is 12.3. The van der Waals surface area contributed by atoms with Gasteiger partial charge < -0.3 is 5.32 Å². The fraction of sp³-hybridized carbons (Fsp3) is 0.308. The summed E-state index contributed by atoms with van der Waals surface area (Å²) in [4.78, 5) is -0.390. The number of rotatable bonds is 5. The minimum atomic E-state index is -4.54. The summed E-state index contributed by atoms with van der Waals surface area (Å²) in [5.41, 5.74) is 3.47. The predicted molar refractivity (Wildman–Crippen MR) is 75.0 cm³/mol. The average Bonchev–Trinajstić information content (AvgIpc) is 2.76. The third-order valence-electron chi connectivity index (χ3n) is 3.17. The van der Waals surface area contributed by atoms with Gasteiger partial charge >= 0.3 is 5.76 Å².